The second-order valence-corrected chi connectivity index (χ2v) is 5.67. The summed E-state index contributed by atoms with van der Waals surface area (Å²) in [6.45, 7) is 0. The minimum absolute atomic E-state index is 0. The van der Waals surface area contributed by atoms with Crippen LogP contribution in [0.5, 0.6) is 17.2 Å². The molecule has 26 heavy (non-hydrogen) atoms. The number of aromatic nitrogens is 1. The number of hydrogen-bond acceptors (Lipinski definition) is 3. The number of fused-ring (bicyclic) bond motifs is 1. The molecule has 3 rings (SSSR count). The fourth-order valence-electron chi connectivity index (χ4n) is 2.91. The first-order valence-corrected chi connectivity index (χ1v) is 8.03. The minimum Gasteiger partial charge on any atom is -1.00 e. The Bertz CT molecular complexity index is 913. The van der Waals surface area contributed by atoms with Gasteiger partial charge in [0, 0.05) is 23.6 Å². The van der Waals surface area contributed by atoms with E-state index < -0.39 is 0 Å². The molecular weight excluding hydrogens is 441 g/mol. The van der Waals surface area contributed by atoms with Crippen LogP contribution in [0.2, 0.25) is 0 Å². The molecule has 0 amide bonds. The van der Waals surface area contributed by atoms with Gasteiger partial charge in [0.15, 0.2) is 11.5 Å². The maximum Gasteiger partial charge on any atom is 0.212 e. The van der Waals surface area contributed by atoms with Crippen LogP contribution in [0.4, 0.5) is 0 Å². The fraction of sp³-hybridized carbons (Fsp3) is 0.190. The predicted octanol–water partition coefficient (Wildman–Crippen LogP) is 0.864. The second kappa shape index (κ2) is 8.89. The summed E-state index contributed by atoms with van der Waals surface area (Å²) in [5.41, 5.74) is 3.27. The van der Waals surface area contributed by atoms with Crippen molar-refractivity contribution in [3.63, 3.8) is 0 Å². The number of methoxy groups -OCH3 is 3. The summed E-state index contributed by atoms with van der Waals surface area (Å²) in [6, 6.07) is 16.4. The molecular formula is C21H22INO3. The first kappa shape index (κ1) is 20.0. The van der Waals surface area contributed by atoms with Gasteiger partial charge in [-0.25, -0.2) is 0 Å². The molecule has 0 fully saturated rings. The van der Waals surface area contributed by atoms with Crippen molar-refractivity contribution in [2.75, 3.05) is 21.3 Å². The van der Waals surface area contributed by atoms with E-state index in [0.717, 1.165) is 11.3 Å². The number of hydrogen-bond donors (Lipinski definition) is 0. The van der Waals surface area contributed by atoms with Crippen molar-refractivity contribution in [1.29, 1.82) is 0 Å². The molecule has 1 heterocycles. The number of nitrogens with zero attached hydrogens (tertiary/aromatic N) is 1. The van der Waals surface area contributed by atoms with Gasteiger partial charge in [0.05, 0.1) is 21.3 Å². The summed E-state index contributed by atoms with van der Waals surface area (Å²) in [5.74, 6) is 1.88. The molecule has 2 aromatic carbocycles. The maximum absolute atomic E-state index is 5.41. The van der Waals surface area contributed by atoms with E-state index in [4.69, 9.17) is 14.2 Å². The number of ether oxygens (including phenoxy) is 3. The van der Waals surface area contributed by atoms with Gasteiger partial charge in [0.25, 0.3) is 0 Å². The molecule has 0 saturated heterocycles. The Morgan fingerprint density at radius 1 is 0.808 bits per heavy atom. The third-order valence-corrected chi connectivity index (χ3v) is 4.25. The third-order valence-electron chi connectivity index (χ3n) is 4.25. The fourth-order valence-corrected chi connectivity index (χ4v) is 2.91. The number of rotatable bonds is 5. The van der Waals surface area contributed by atoms with Crippen LogP contribution in [0, 0.1) is 0 Å². The number of aryl methyl sites for hydroxylation is 1. The Kier molecular flexibility index (Phi) is 6.85. The van der Waals surface area contributed by atoms with Gasteiger partial charge in [-0.3, -0.25) is 0 Å². The highest BCUT2D eigenvalue weighted by molar-refractivity contribution is 5.77. The van der Waals surface area contributed by atoms with Gasteiger partial charge in [-0.1, -0.05) is 12.1 Å². The van der Waals surface area contributed by atoms with E-state index in [1.54, 1.807) is 21.3 Å². The first-order chi connectivity index (χ1) is 12.2. The molecule has 5 heteroatoms. The summed E-state index contributed by atoms with van der Waals surface area (Å²) < 4.78 is 18.4. The van der Waals surface area contributed by atoms with Crippen LogP contribution in [-0.4, -0.2) is 21.3 Å². The Balaban J connectivity index is 0.00000243. The molecule has 4 nitrogen and oxygen atoms in total. The number of para-hydroxylation sites is 1. The quantitative estimate of drug-likeness (QED) is 0.416. The van der Waals surface area contributed by atoms with Crippen molar-refractivity contribution in [2.24, 2.45) is 7.05 Å². The smallest absolute Gasteiger partial charge is 0.212 e. The molecule has 0 aliphatic heterocycles. The lowest BCUT2D eigenvalue weighted by Crippen LogP contribution is -3.00. The van der Waals surface area contributed by atoms with E-state index in [2.05, 4.69) is 48.0 Å². The highest BCUT2D eigenvalue weighted by Gasteiger charge is 2.13. The van der Waals surface area contributed by atoms with Gasteiger partial charge in [-0.2, -0.15) is 4.57 Å². The Labute approximate surface area is 171 Å². The Morgan fingerprint density at radius 2 is 1.46 bits per heavy atom. The first-order valence-electron chi connectivity index (χ1n) is 8.03. The average molecular weight is 463 g/mol. The second-order valence-electron chi connectivity index (χ2n) is 5.67. The molecule has 0 radical (unpaired) electrons. The van der Waals surface area contributed by atoms with Crippen molar-refractivity contribution in [2.45, 2.75) is 0 Å². The molecule has 0 bridgehead atoms. The minimum atomic E-state index is 0. The summed E-state index contributed by atoms with van der Waals surface area (Å²) in [6.07, 6.45) is 4.11. The Hall–Kier alpha value is -2.28. The summed E-state index contributed by atoms with van der Waals surface area (Å²) in [5, 5.41) is 1.22. The SMILES string of the molecule is COc1cc(C=Cc2ccc3ccccc3[n+]2C)cc(OC)c1OC.[I-]. The zero-order valence-corrected chi connectivity index (χ0v) is 17.5. The van der Waals surface area contributed by atoms with E-state index >= 15 is 0 Å². The van der Waals surface area contributed by atoms with E-state index in [1.807, 2.05) is 24.3 Å². The number of halogens is 1. The van der Waals surface area contributed by atoms with Crippen LogP contribution in [0.25, 0.3) is 23.1 Å². The molecule has 136 valence electrons. The highest BCUT2D eigenvalue weighted by atomic mass is 127. The zero-order chi connectivity index (χ0) is 17.8. The highest BCUT2D eigenvalue weighted by Crippen LogP contribution is 2.38. The van der Waals surface area contributed by atoms with Crippen LogP contribution in [0.15, 0.2) is 48.5 Å². The molecule has 1 aromatic heterocycles. The molecule has 0 aliphatic carbocycles. The average Bonchev–Trinajstić information content (AvgIpc) is 2.66. The van der Waals surface area contributed by atoms with E-state index in [-0.39, 0.29) is 24.0 Å². The van der Waals surface area contributed by atoms with Gasteiger partial charge in [-0.05, 0) is 35.9 Å². The van der Waals surface area contributed by atoms with Gasteiger partial charge in [0.1, 0.15) is 7.05 Å². The molecule has 0 N–H and O–H groups in total. The topological polar surface area (TPSA) is 31.6 Å². The van der Waals surface area contributed by atoms with Gasteiger partial charge in [0.2, 0.25) is 17.0 Å². The zero-order valence-electron chi connectivity index (χ0n) is 15.3. The lowest BCUT2D eigenvalue weighted by molar-refractivity contribution is -0.646. The van der Waals surface area contributed by atoms with E-state index in [0.29, 0.717) is 17.2 Å². The molecule has 0 unspecified atom stereocenters. The summed E-state index contributed by atoms with van der Waals surface area (Å²) in [7, 11) is 6.91. The molecule has 0 saturated carbocycles. The normalized spacial score (nSPS) is 10.6. The summed E-state index contributed by atoms with van der Waals surface area (Å²) >= 11 is 0. The standard InChI is InChI=1S/C21H22NO3.HI/c1-22-17(12-10-16-7-5-6-8-18(16)22)11-9-15-13-19(23-2)21(25-4)20(14-15)24-3;/h5-14H,1-4H3;1H/q+1;/p-1. The van der Waals surface area contributed by atoms with Crippen LogP contribution in [0.1, 0.15) is 11.3 Å². The van der Waals surface area contributed by atoms with Crippen LogP contribution in [0.3, 0.4) is 0 Å². The van der Waals surface area contributed by atoms with Crippen molar-refractivity contribution in [3.05, 3.63) is 59.8 Å². The van der Waals surface area contributed by atoms with Gasteiger partial charge >= 0.3 is 0 Å². The lowest BCUT2D eigenvalue weighted by Gasteiger charge is -2.12. The van der Waals surface area contributed by atoms with Crippen LogP contribution >= 0.6 is 0 Å². The monoisotopic (exact) mass is 463 g/mol. The predicted molar refractivity (Wildman–Crippen MR) is 100 cm³/mol. The van der Waals surface area contributed by atoms with Gasteiger partial charge in [-0.15, -0.1) is 0 Å². The Morgan fingerprint density at radius 3 is 2.08 bits per heavy atom. The maximum atomic E-state index is 5.41. The number of pyridine rings is 1. The van der Waals surface area contributed by atoms with Crippen molar-refractivity contribution < 1.29 is 42.8 Å². The molecule has 0 atom stereocenters. The number of benzene rings is 2. The molecule has 3 aromatic rings. The lowest BCUT2D eigenvalue weighted by atomic mass is 10.1. The third kappa shape index (κ3) is 3.93. The van der Waals surface area contributed by atoms with Crippen molar-refractivity contribution >= 4 is 23.1 Å². The van der Waals surface area contributed by atoms with Crippen LogP contribution < -0.4 is 42.8 Å². The summed E-state index contributed by atoms with van der Waals surface area (Å²) in [4.78, 5) is 0. The largest absolute Gasteiger partial charge is 1.00 e. The van der Waals surface area contributed by atoms with Crippen LogP contribution in [-0.2, 0) is 7.05 Å². The van der Waals surface area contributed by atoms with Gasteiger partial charge < -0.3 is 38.2 Å². The van der Waals surface area contributed by atoms with Crippen molar-refractivity contribution in [1.82, 2.24) is 0 Å². The molecule has 0 aliphatic rings. The van der Waals surface area contributed by atoms with E-state index in [1.165, 1.54) is 10.9 Å². The molecule has 0 spiro atoms. The van der Waals surface area contributed by atoms with Crippen molar-refractivity contribution in [3.8, 4) is 17.2 Å². The van der Waals surface area contributed by atoms with E-state index in [9.17, 15) is 0 Å².